The molecule has 0 bridgehead atoms. The van der Waals surface area contributed by atoms with Crippen molar-refractivity contribution in [2.45, 2.75) is 20.0 Å². The average molecular weight is 375 g/mol. The van der Waals surface area contributed by atoms with Crippen LogP contribution in [0.3, 0.4) is 0 Å². The van der Waals surface area contributed by atoms with Gasteiger partial charge in [-0.1, -0.05) is 36.4 Å². The van der Waals surface area contributed by atoms with E-state index in [0.29, 0.717) is 22.2 Å². The minimum atomic E-state index is -1.06. The molecule has 0 radical (unpaired) electrons. The normalized spacial score (nSPS) is 12.2. The smallest absolute Gasteiger partial charge is 0.351 e. The summed E-state index contributed by atoms with van der Waals surface area (Å²) in [5.41, 5.74) is 1.33. The zero-order valence-corrected chi connectivity index (χ0v) is 15.3. The first-order valence-electron chi connectivity index (χ1n) is 8.81. The van der Waals surface area contributed by atoms with Crippen molar-refractivity contribution in [2.75, 3.05) is 0 Å². The van der Waals surface area contributed by atoms with Gasteiger partial charge in [0.2, 0.25) is 5.78 Å². The largest absolute Gasteiger partial charge is 0.450 e. The third kappa shape index (κ3) is 2.99. The number of aryl methyl sites for hydroxylation is 1. The second-order valence-electron chi connectivity index (χ2n) is 6.57. The van der Waals surface area contributed by atoms with Crippen LogP contribution < -0.4 is 5.63 Å². The molecule has 1 N–H and O–H groups in total. The minimum Gasteiger partial charge on any atom is -0.450 e. The topological polar surface area (TPSA) is 89.4 Å². The Morgan fingerprint density at radius 2 is 1.79 bits per heavy atom. The fraction of sp³-hybridized carbons (Fsp3) is 0.136. The molecule has 0 aliphatic carbocycles. The van der Waals surface area contributed by atoms with Gasteiger partial charge in [-0.25, -0.2) is 9.59 Å². The van der Waals surface area contributed by atoms with Crippen molar-refractivity contribution in [1.29, 1.82) is 0 Å². The third-order valence-electron chi connectivity index (χ3n) is 4.65. The van der Waals surface area contributed by atoms with E-state index in [4.69, 9.17) is 9.15 Å². The molecule has 0 saturated carbocycles. The van der Waals surface area contributed by atoms with Gasteiger partial charge in [0.1, 0.15) is 11.1 Å². The lowest BCUT2D eigenvalue weighted by atomic mass is 10.0. The Bertz CT molecular complexity index is 1280. The highest BCUT2D eigenvalue weighted by Crippen LogP contribution is 2.24. The highest BCUT2D eigenvalue weighted by atomic mass is 16.5. The molecule has 0 spiro atoms. The number of ketones is 1. The summed E-state index contributed by atoms with van der Waals surface area (Å²) in [6.45, 7) is 3.28. The van der Waals surface area contributed by atoms with Crippen LogP contribution in [0.25, 0.3) is 21.9 Å². The van der Waals surface area contributed by atoms with Gasteiger partial charge in [-0.2, -0.15) is 0 Å². The van der Waals surface area contributed by atoms with Gasteiger partial charge in [0.25, 0.3) is 0 Å². The molecule has 4 rings (SSSR count). The molecule has 28 heavy (non-hydrogen) atoms. The van der Waals surface area contributed by atoms with Crippen molar-refractivity contribution in [1.82, 2.24) is 4.98 Å². The average Bonchev–Trinajstić information content (AvgIpc) is 3.02. The molecular formula is C22H17NO5. The van der Waals surface area contributed by atoms with Gasteiger partial charge in [-0.3, -0.25) is 4.79 Å². The number of benzene rings is 2. The van der Waals surface area contributed by atoms with Crippen molar-refractivity contribution in [2.24, 2.45) is 0 Å². The van der Waals surface area contributed by atoms with Crippen molar-refractivity contribution in [3.8, 4) is 0 Å². The molecule has 0 fully saturated rings. The monoisotopic (exact) mass is 375 g/mol. The number of rotatable bonds is 4. The third-order valence-corrected chi connectivity index (χ3v) is 4.65. The molecule has 4 aromatic rings. The summed E-state index contributed by atoms with van der Waals surface area (Å²) >= 11 is 0. The first kappa shape index (κ1) is 17.7. The van der Waals surface area contributed by atoms with E-state index in [1.807, 2.05) is 24.3 Å². The summed E-state index contributed by atoms with van der Waals surface area (Å²) in [5.74, 6) is -1.23. The molecule has 0 aliphatic rings. The van der Waals surface area contributed by atoms with Crippen LogP contribution in [0.1, 0.15) is 33.3 Å². The Balaban J connectivity index is 1.63. The molecular weight excluding hydrogens is 358 g/mol. The van der Waals surface area contributed by atoms with E-state index in [1.54, 1.807) is 31.2 Å². The van der Waals surface area contributed by atoms with Crippen molar-refractivity contribution >= 4 is 33.6 Å². The Kier molecular flexibility index (Phi) is 4.31. The number of hydrogen-bond acceptors (Lipinski definition) is 5. The van der Waals surface area contributed by atoms with Crippen LogP contribution in [-0.2, 0) is 4.74 Å². The van der Waals surface area contributed by atoms with E-state index in [0.717, 1.165) is 10.9 Å². The van der Waals surface area contributed by atoms with Crippen LogP contribution in [0.15, 0.2) is 63.8 Å². The Hall–Kier alpha value is -3.67. The fourth-order valence-corrected chi connectivity index (χ4v) is 3.28. The van der Waals surface area contributed by atoms with Gasteiger partial charge >= 0.3 is 11.6 Å². The molecule has 0 saturated heterocycles. The lowest BCUT2D eigenvalue weighted by molar-refractivity contribution is 0.0315. The maximum absolute atomic E-state index is 12.9. The number of carbonyl (C=O) groups excluding carboxylic acids is 2. The van der Waals surface area contributed by atoms with Crippen LogP contribution in [0.2, 0.25) is 0 Å². The summed E-state index contributed by atoms with van der Waals surface area (Å²) in [5, 5.41) is 1.36. The SMILES string of the molecule is Cc1[nH]c2ccccc2c1C(=O)[C@@H](C)OC(=O)c1cc2ccccc2oc1=O. The van der Waals surface area contributed by atoms with Crippen LogP contribution in [0.4, 0.5) is 0 Å². The number of Topliss-reactive ketones (excluding diaryl/α,β-unsaturated/α-hetero) is 1. The minimum absolute atomic E-state index is 0.242. The zero-order chi connectivity index (χ0) is 19.8. The zero-order valence-electron chi connectivity index (χ0n) is 15.3. The number of para-hydroxylation sites is 2. The number of carbonyl (C=O) groups is 2. The van der Waals surface area contributed by atoms with Crippen LogP contribution in [-0.4, -0.2) is 22.8 Å². The number of aromatic nitrogens is 1. The van der Waals surface area contributed by atoms with E-state index in [-0.39, 0.29) is 11.3 Å². The second-order valence-corrected chi connectivity index (χ2v) is 6.57. The summed E-state index contributed by atoms with van der Waals surface area (Å²) < 4.78 is 10.5. The van der Waals surface area contributed by atoms with E-state index in [1.165, 1.54) is 13.0 Å². The van der Waals surface area contributed by atoms with Gasteiger partial charge in [0, 0.05) is 27.5 Å². The summed E-state index contributed by atoms with van der Waals surface area (Å²) in [7, 11) is 0. The van der Waals surface area contributed by atoms with E-state index in [2.05, 4.69) is 4.98 Å². The van der Waals surface area contributed by atoms with Crippen molar-refractivity contribution in [3.63, 3.8) is 0 Å². The quantitative estimate of drug-likeness (QED) is 0.331. The molecule has 6 nitrogen and oxygen atoms in total. The lowest BCUT2D eigenvalue weighted by Gasteiger charge is -2.12. The van der Waals surface area contributed by atoms with Crippen LogP contribution in [0.5, 0.6) is 0 Å². The standard InChI is InChI=1S/C22H17NO5/c1-12-19(15-8-4-5-9-17(15)23-12)20(24)13(2)27-21(25)16-11-14-7-3-6-10-18(14)28-22(16)26/h3-11,13,23H,1-2H3/t13-/m1/s1. The van der Waals surface area contributed by atoms with Gasteiger partial charge < -0.3 is 14.1 Å². The number of esters is 1. The van der Waals surface area contributed by atoms with Gasteiger partial charge in [0.05, 0.1) is 0 Å². The van der Waals surface area contributed by atoms with Crippen molar-refractivity contribution in [3.05, 3.63) is 81.8 Å². The Morgan fingerprint density at radius 1 is 1.07 bits per heavy atom. The van der Waals surface area contributed by atoms with Crippen LogP contribution in [0, 0.1) is 6.92 Å². The summed E-state index contributed by atoms with van der Waals surface area (Å²) in [4.78, 5) is 40.7. The second kappa shape index (κ2) is 6.81. The van der Waals surface area contributed by atoms with E-state index in [9.17, 15) is 14.4 Å². The van der Waals surface area contributed by atoms with E-state index >= 15 is 0 Å². The first-order chi connectivity index (χ1) is 13.5. The summed E-state index contributed by atoms with van der Waals surface area (Å²) in [6, 6.07) is 15.7. The Morgan fingerprint density at radius 3 is 2.61 bits per heavy atom. The molecule has 6 heteroatoms. The van der Waals surface area contributed by atoms with E-state index < -0.39 is 17.7 Å². The highest BCUT2D eigenvalue weighted by molar-refractivity contribution is 6.11. The molecule has 2 aromatic carbocycles. The molecule has 140 valence electrons. The maximum atomic E-state index is 12.9. The predicted octanol–water partition coefficient (Wildman–Crippen LogP) is 4.01. The predicted molar refractivity (Wildman–Crippen MR) is 105 cm³/mol. The van der Waals surface area contributed by atoms with Crippen LogP contribution >= 0.6 is 0 Å². The number of ether oxygens (including phenoxy) is 1. The molecule has 0 unspecified atom stereocenters. The molecule has 1 atom stereocenters. The van der Waals surface area contributed by atoms with Gasteiger partial charge in [0.15, 0.2) is 6.10 Å². The fourth-order valence-electron chi connectivity index (χ4n) is 3.28. The molecule has 2 aromatic heterocycles. The van der Waals surface area contributed by atoms with Gasteiger partial charge in [-0.05, 0) is 32.0 Å². The lowest BCUT2D eigenvalue weighted by Crippen LogP contribution is -2.27. The van der Waals surface area contributed by atoms with Crippen molar-refractivity contribution < 1.29 is 18.7 Å². The number of aromatic amines is 1. The Labute approximate surface area is 159 Å². The molecule has 0 amide bonds. The maximum Gasteiger partial charge on any atom is 0.351 e. The molecule has 2 heterocycles. The first-order valence-corrected chi connectivity index (χ1v) is 8.81. The van der Waals surface area contributed by atoms with Gasteiger partial charge in [-0.15, -0.1) is 0 Å². The number of H-pyrrole nitrogens is 1. The summed E-state index contributed by atoms with van der Waals surface area (Å²) in [6.07, 6.45) is -1.06. The molecule has 0 aliphatic heterocycles. The number of fused-ring (bicyclic) bond motifs is 2. The highest BCUT2D eigenvalue weighted by Gasteiger charge is 2.26. The number of nitrogens with one attached hydrogen (secondary N) is 1. The number of hydrogen-bond donors (Lipinski definition) is 1.